The molecule has 1 aromatic heterocycles. The second-order valence-corrected chi connectivity index (χ2v) is 7.26. The van der Waals surface area contributed by atoms with Crippen molar-refractivity contribution in [3.05, 3.63) is 70.8 Å². The number of benzene rings is 2. The minimum Gasteiger partial charge on any atom is -0.452 e. The molecular formula is C23H22N2O4. The summed E-state index contributed by atoms with van der Waals surface area (Å²) in [5.41, 5.74) is 5.61. The van der Waals surface area contributed by atoms with Gasteiger partial charge in [0, 0.05) is 11.6 Å². The van der Waals surface area contributed by atoms with Crippen molar-refractivity contribution >= 4 is 17.8 Å². The van der Waals surface area contributed by atoms with Crippen molar-refractivity contribution in [1.82, 2.24) is 5.16 Å². The molecule has 0 atom stereocenters. The van der Waals surface area contributed by atoms with Crippen molar-refractivity contribution in [3.8, 4) is 11.3 Å². The Morgan fingerprint density at radius 1 is 1.03 bits per heavy atom. The molecule has 6 nitrogen and oxygen atoms in total. The molecule has 0 aliphatic heterocycles. The number of aromatic nitrogens is 1. The highest BCUT2D eigenvalue weighted by Crippen LogP contribution is 2.23. The summed E-state index contributed by atoms with van der Waals surface area (Å²) in [5.74, 6) is -0.787. The van der Waals surface area contributed by atoms with Crippen molar-refractivity contribution < 1.29 is 18.8 Å². The molecule has 0 fully saturated rings. The molecule has 4 rings (SSSR count). The van der Waals surface area contributed by atoms with Crippen molar-refractivity contribution in [2.75, 3.05) is 11.9 Å². The van der Waals surface area contributed by atoms with E-state index in [1.54, 1.807) is 12.1 Å². The zero-order chi connectivity index (χ0) is 20.2. The minimum absolute atomic E-state index is 0.204. The fourth-order valence-electron chi connectivity index (χ4n) is 3.44. The van der Waals surface area contributed by atoms with Gasteiger partial charge in [0.15, 0.2) is 6.61 Å². The summed E-state index contributed by atoms with van der Waals surface area (Å²) in [6.45, 7) is 1.61. The zero-order valence-electron chi connectivity index (χ0n) is 16.2. The predicted octanol–water partition coefficient (Wildman–Crippen LogP) is 4.32. The maximum Gasteiger partial charge on any atom is 0.338 e. The fraction of sp³-hybridized carbons (Fsp3) is 0.261. The van der Waals surface area contributed by atoms with Gasteiger partial charge < -0.3 is 9.26 Å². The van der Waals surface area contributed by atoms with Crippen LogP contribution in [-0.2, 0) is 22.4 Å². The molecule has 0 radical (unpaired) electrons. The number of amides is 1. The molecule has 1 N–H and O–H groups in total. The predicted molar refractivity (Wildman–Crippen MR) is 109 cm³/mol. The molecule has 1 heterocycles. The smallest absolute Gasteiger partial charge is 0.338 e. The first-order chi connectivity index (χ1) is 14.1. The maximum atomic E-state index is 12.3. The van der Waals surface area contributed by atoms with E-state index in [0.29, 0.717) is 11.3 Å². The molecule has 1 aliphatic carbocycles. The number of ether oxygens (including phenoxy) is 1. The Balaban J connectivity index is 1.32. The number of nitrogens with zero attached hydrogens (tertiary/aromatic N) is 1. The van der Waals surface area contributed by atoms with Gasteiger partial charge in [-0.05, 0) is 55.9 Å². The number of carbonyl (C=O) groups excluding carboxylic acids is 2. The van der Waals surface area contributed by atoms with Crippen molar-refractivity contribution in [1.29, 1.82) is 0 Å². The number of hydrogen-bond acceptors (Lipinski definition) is 5. The van der Waals surface area contributed by atoms with Crippen LogP contribution in [-0.4, -0.2) is 23.6 Å². The lowest BCUT2D eigenvalue weighted by Crippen LogP contribution is -2.20. The van der Waals surface area contributed by atoms with Crippen molar-refractivity contribution in [2.24, 2.45) is 0 Å². The van der Waals surface area contributed by atoms with Gasteiger partial charge in [0.2, 0.25) is 5.88 Å². The van der Waals surface area contributed by atoms with Crippen LogP contribution in [0.5, 0.6) is 0 Å². The Hall–Kier alpha value is -3.41. The number of aryl methyl sites for hydroxylation is 3. The molecular weight excluding hydrogens is 368 g/mol. The van der Waals surface area contributed by atoms with E-state index in [1.165, 1.54) is 17.5 Å². The highest BCUT2D eigenvalue weighted by Gasteiger charge is 2.16. The Morgan fingerprint density at radius 2 is 1.79 bits per heavy atom. The van der Waals surface area contributed by atoms with Gasteiger partial charge in [-0.3, -0.25) is 10.1 Å². The Morgan fingerprint density at radius 3 is 2.59 bits per heavy atom. The van der Waals surface area contributed by atoms with E-state index in [2.05, 4.69) is 10.5 Å². The second-order valence-electron chi connectivity index (χ2n) is 7.26. The van der Waals surface area contributed by atoms with Crippen LogP contribution in [0.1, 0.15) is 39.9 Å². The fourth-order valence-corrected chi connectivity index (χ4v) is 3.44. The van der Waals surface area contributed by atoms with Crippen LogP contribution >= 0.6 is 0 Å². The van der Waals surface area contributed by atoms with E-state index in [4.69, 9.17) is 9.26 Å². The van der Waals surface area contributed by atoms with Gasteiger partial charge in [-0.1, -0.05) is 41.1 Å². The van der Waals surface area contributed by atoms with Crippen LogP contribution in [0.15, 0.2) is 53.1 Å². The summed E-state index contributed by atoms with van der Waals surface area (Å²) in [7, 11) is 0. The first kappa shape index (κ1) is 18.9. The lowest BCUT2D eigenvalue weighted by Gasteiger charge is -2.16. The maximum absolute atomic E-state index is 12.3. The number of esters is 1. The quantitative estimate of drug-likeness (QED) is 0.656. The summed E-state index contributed by atoms with van der Waals surface area (Å²) in [6, 6.07) is 15.1. The van der Waals surface area contributed by atoms with Gasteiger partial charge in [0.1, 0.15) is 5.69 Å². The number of carbonyl (C=O) groups is 2. The topological polar surface area (TPSA) is 81.4 Å². The summed E-state index contributed by atoms with van der Waals surface area (Å²) in [4.78, 5) is 24.4. The van der Waals surface area contributed by atoms with Gasteiger partial charge in [0.25, 0.3) is 5.91 Å². The monoisotopic (exact) mass is 390 g/mol. The summed E-state index contributed by atoms with van der Waals surface area (Å²) in [6.07, 6.45) is 4.35. The first-order valence-electron chi connectivity index (χ1n) is 9.71. The molecule has 0 spiro atoms. The van der Waals surface area contributed by atoms with E-state index in [9.17, 15) is 9.59 Å². The van der Waals surface area contributed by atoms with Crippen molar-refractivity contribution in [3.63, 3.8) is 0 Å². The van der Waals surface area contributed by atoms with Crippen LogP contribution in [0.3, 0.4) is 0 Å². The normalized spacial score (nSPS) is 12.9. The van der Waals surface area contributed by atoms with Gasteiger partial charge in [-0.15, -0.1) is 0 Å². The molecule has 6 heteroatoms. The third kappa shape index (κ3) is 4.54. The van der Waals surface area contributed by atoms with E-state index in [-0.39, 0.29) is 5.88 Å². The SMILES string of the molecule is Cc1ccc(-c2cc(NC(=O)COC(=O)c3ccc4c(c3)CCCC4)on2)cc1. The van der Waals surface area contributed by atoms with Gasteiger partial charge in [-0.25, -0.2) is 4.79 Å². The number of rotatable bonds is 5. The summed E-state index contributed by atoms with van der Waals surface area (Å²) >= 11 is 0. The lowest BCUT2D eigenvalue weighted by molar-refractivity contribution is -0.119. The molecule has 0 bridgehead atoms. The van der Waals surface area contributed by atoms with E-state index in [1.807, 2.05) is 43.3 Å². The highest BCUT2D eigenvalue weighted by molar-refractivity contribution is 5.95. The van der Waals surface area contributed by atoms with Crippen LogP contribution in [0.25, 0.3) is 11.3 Å². The minimum atomic E-state index is -0.508. The molecule has 1 amide bonds. The zero-order valence-corrected chi connectivity index (χ0v) is 16.2. The first-order valence-corrected chi connectivity index (χ1v) is 9.71. The van der Waals surface area contributed by atoms with E-state index < -0.39 is 18.5 Å². The number of nitrogens with one attached hydrogen (secondary N) is 1. The summed E-state index contributed by atoms with van der Waals surface area (Å²) in [5, 5.41) is 6.51. The highest BCUT2D eigenvalue weighted by atomic mass is 16.5. The van der Waals surface area contributed by atoms with Crippen LogP contribution in [0.2, 0.25) is 0 Å². The van der Waals surface area contributed by atoms with E-state index in [0.717, 1.165) is 30.4 Å². The average molecular weight is 390 g/mol. The standard InChI is InChI=1S/C23H22N2O4/c1-15-6-8-17(9-7-15)20-13-22(29-25-20)24-21(26)14-28-23(27)19-11-10-16-4-2-3-5-18(16)12-19/h6-13H,2-5,14H2,1H3,(H,24,26). The Kier molecular flexibility index (Phi) is 5.42. The van der Waals surface area contributed by atoms with Gasteiger partial charge >= 0.3 is 5.97 Å². The number of hydrogen-bond donors (Lipinski definition) is 1. The Bertz CT molecular complexity index is 1040. The largest absolute Gasteiger partial charge is 0.452 e. The van der Waals surface area contributed by atoms with Crippen LogP contribution < -0.4 is 5.32 Å². The molecule has 0 unspecified atom stereocenters. The Labute approximate surface area is 168 Å². The molecule has 1 aliphatic rings. The third-order valence-corrected chi connectivity index (χ3v) is 5.04. The van der Waals surface area contributed by atoms with Gasteiger partial charge in [-0.2, -0.15) is 0 Å². The molecule has 2 aromatic carbocycles. The van der Waals surface area contributed by atoms with Crippen molar-refractivity contribution in [2.45, 2.75) is 32.6 Å². The molecule has 29 heavy (non-hydrogen) atoms. The third-order valence-electron chi connectivity index (χ3n) is 5.04. The average Bonchev–Trinajstić information content (AvgIpc) is 3.20. The number of fused-ring (bicyclic) bond motifs is 1. The van der Waals surface area contributed by atoms with Crippen LogP contribution in [0.4, 0.5) is 5.88 Å². The molecule has 0 saturated heterocycles. The lowest BCUT2D eigenvalue weighted by atomic mass is 9.90. The molecule has 148 valence electrons. The van der Waals surface area contributed by atoms with Gasteiger partial charge in [0.05, 0.1) is 5.56 Å². The number of anilines is 1. The molecule has 0 saturated carbocycles. The van der Waals surface area contributed by atoms with Crippen LogP contribution in [0, 0.1) is 6.92 Å². The second kappa shape index (κ2) is 8.31. The summed E-state index contributed by atoms with van der Waals surface area (Å²) < 4.78 is 10.3. The van der Waals surface area contributed by atoms with E-state index >= 15 is 0 Å². The molecule has 3 aromatic rings.